The molecule has 8 nitrogen and oxygen atoms in total. The van der Waals surface area contributed by atoms with Gasteiger partial charge in [0.2, 0.25) is 11.8 Å². The molecular weight excluding hydrogens is 298 g/mol. The Morgan fingerprint density at radius 1 is 1.19 bits per heavy atom. The van der Waals surface area contributed by atoms with E-state index in [9.17, 15) is 8.42 Å². The highest BCUT2D eigenvalue weighted by molar-refractivity contribution is 7.92. The first-order valence-electron chi connectivity index (χ1n) is 5.93. The molecule has 2 aromatic heterocycles. The number of pyridine rings is 1. The van der Waals surface area contributed by atoms with Crippen molar-refractivity contribution in [3.8, 4) is 11.8 Å². The van der Waals surface area contributed by atoms with Crippen LogP contribution in [0.2, 0.25) is 0 Å². The van der Waals surface area contributed by atoms with Crippen LogP contribution in [0.5, 0.6) is 11.8 Å². The highest BCUT2D eigenvalue weighted by atomic mass is 32.2. The number of hydrogen-bond donors (Lipinski definition) is 1. The number of hydrogen-bond acceptors (Lipinski definition) is 7. The summed E-state index contributed by atoms with van der Waals surface area (Å²) in [6, 6.07) is 3.02. The number of ether oxygens (including phenoxy) is 2. The van der Waals surface area contributed by atoms with Gasteiger partial charge < -0.3 is 14.0 Å². The number of rotatable bonds is 5. The Bertz CT molecular complexity index is 735. The lowest BCUT2D eigenvalue weighted by Crippen LogP contribution is -2.15. The van der Waals surface area contributed by atoms with E-state index in [1.165, 1.54) is 33.3 Å². The van der Waals surface area contributed by atoms with Gasteiger partial charge >= 0.3 is 0 Å². The Labute approximate surface area is 122 Å². The van der Waals surface area contributed by atoms with Gasteiger partial charge in [-0.3, -0.25) is 4.72 Å². The van der Waals surface area contributed by atoms with E-state index in [-0.39, 0.29) is 27.9 Å². The van der Waals surface area contributed by atoms with Crippen LogP contribution < -0.4 is 14.2 Å². The van der Waals surface area contributed by atoms with Gasteiger partial charge in [-0.25, -0.2) is 8.42 Å². The molecule has 1 N–H and O–H groups in total. The summed E-state index contributed by atoms with van der Waals surface area (Å²) in [5.74, 6) is 0.622. The van der Waals surface area contributed by atoms with Gasteiger partial charge in [0.05, 0.1) is 14.2 Å². The molecule has 0 unspecified atom stereocenters. The molecule has 0 atom stereocenters. The minimum atomic E-state index is -3.85. The molecule has 0 spiro atoms. The summed E-state index contributed by atoms with van der Waals surface area (Å²) in [5, 5.41) is 3.63. The number of aryl methyl sites for hydroxylation is 2. The molecule has 0 bridgehead atoms. The predicted octanol–water partition coefficient (Wildman–Crippen LogP) is 1.50. The Morgan fingerprint density at radius 2 is 1.90 bits per heavy atom. The monoisotopic (exact) mass is 313 g/mol. The van der Waals surface area contributed by atoms with E-state index >= 15 is 0 Å². The summed E-state index contributed by atoms with van der Waals surface area (Å²) in [7, 11) is -1.01. The maximum atomic E-state index is 12.4. The van der Waals surface area contributed by atoms with Crippen molar-refractivity contribution in [3.05, 3.63) is 23.6 Å². The maximum Gasteiger partial charge on any atom is 0.267 e. The third kappa shape index (κ3) is 2.92. The fourth-order valence-electron chi connectivity index (χ4n) is 1.82. The summed E-state index contributed by atoms with van der Waals surface area (Å²) >= 11 is 0. The number of sulfonamides is 1. The van der Waals surface area contributed by atoms with E-state index in [2.05, 4.69) is 14.9 Å². The van der Waals surface area contributed by atoms with Crippen LogP contribution in [0.25, 0.3) is 0 Å². The minimum absolute atomic E-state index is 0.000344. The van der Waals surface area contributed by atoms with Gasteiger partial charge in [-0.05, 0) is 19.9 Å². The molecule has 0 amide bonds. The van der Waals surface area contributed by atoms with Crippen molar-refractivity contribution in [1.29, 1.82) is 0 Å². The molecule has 9 heteroatoms. The van der Waals surface area contributed by atoms with Crippen LogP contribution in [0, 0.1) is 13.8 Å². The van der Waals surface area contributed by atoms with Crippen molar-refractivity contribution in [2.75, 3.05) is 18.9 Å². The lowest BCUT2D eigenvalue weighted by molar-refractivity contribution is 0.366. The summed E-state index contributed by atoms with van der Waals surface area (Å²) in [4.78, 5) is 4.01. The summed E-state index contributed by atoms with van der Waals surface area (Å²) in [6.07, 6.45) is 0. The second-order valence-corrected chi connectivity index (χ2v) is 5.79. The van der Waals surface area contributed by atoms with Crippen LogP contribution in [-0.4, -0.2) is 32.8 Å². The van der Waals surface area contributed by atoms with Crippen LogP contribution in [0.1, 0.15) is 11.5 Å². The predicted molar refractivity (Wildman–Crippen MR) is 74.1 cm³/mol. The summed E-state index contributed by atoms with van der Waals surface area (Å²) in [5.41, 5.74) is 0.471. The molecule has 114 valence electrons. The van der Waals surface area contributed by atoms with Crippen LogP contribution in [0.15, 0.2) is 21.6 Å². The standard InChI is InChI=1S/C12H15N3O5S/c1-7-11(8(2)20-14-7)21(16,17)15-9-5-6-10(18-3)13-12(9)19-4/h5-6,15H,1-4H3. The van der Waals surface area contributed by atoms with E-state index in [1.807, 2.05) is 0 Å². The molecule has 0 fully saturated rings. The lowest BCUT2D eigenvalue weighted by Gasteiger charge is -2.11. The number of anilines is 1. The van der Waals surface area contributed by atoms with Gasteiger partial charge in [0.25, 0.3) is 10.0 Å². The highest BCUT2D eigenvalue weighted by Crippen LogP contribution is 2.28. The number of methoxy groups -OCH3 is 2. The first-order chi connectivity index (χ1) is 9.89. The maximum absolute atomic E-state index is 12.4. The molecule has 2 heterocycles. The van der Waals surface area contributed by atoms with E-state index in [0.29, 0.717) is 5.88 Å². The Morgan fingerprint density at radius 3 is 2.43 bits per heavy atom. The van der Waals surface area contributed by atoms with Crippen molar-refractivity contribution in [2.45, 2.75) is 18.7 Å². The average molecular weight is 313 g/mol. The first-order valence-corrected chi connectivity index (χ1v) is 7.42. The normalized spacial score (nSPS) is 11.2. The van der Waals surface area contributed by atoms with Crippen molar-refractivity contribution in [3.63, 3.8) is 0 Å². The fourth-order valence-corrected chi connectivity index (χ4v) is 3.21. The van der Waals surface area contributed by atoms with Crippen molar-refractivity contribution >= 4 is 15.7 Å². The van der Waals surface area contributed by atoms with E-state index in [0.717, 1.165) is 0 Å². The van der Waals surface area contributed by atoms with Crippen LogP contribution >= 0.6 is 0 Å². The Kier molecular flexibility index (Phi) is 4.03. The SMILES string of the molecule is COc1ccc(NS(=O)(=O)c2c(C)noc2C)c(OC)n1. The van der Waals surface area contributed by atoms with Crippen molar-refractivity contribution < 1.29 is 22.4 Å². The summed E-state index contributed by atoms with van der Waals surface area (Å²) in [6.45, 7) is 3.08. The highest BCUT2D eigenvalue weighted by Gasteiger charge is 2.25. The number of aromatic nitrogens is 2. The first kappa shape index (κ1) is 15.1. The molecule has 0 aliphatic carbocycles. The van der Waals surface area contributed by atoms with Gasteiger partial charge in [0.15, 0.2) is 10.7 Å². The van der Waals surface area contributed by atoms with E-state index in [1.54, 1.807) is 6.92 Å². The van der Waals surface area contributed by atoms with Crippen molar-refractivity contribution in [1.82, 2.24) is 10.1 Å². The summed E-state index contributed by atoms with van der Waals surface area (Å²) < 4.78 is 42.1. The number of nitrogens with zero attached hydrogens (tertiary/aromatic N) is 2. The fraction of sp³-hybridized carbons (Fsp3) is 0.333. The third-order valence-electron chi connectivity index (χ3n) is 2.72. The molecule has 0 aliphatic rings. The Balaban J connectivity index is 2.42. The van der Waals surface area contributed by atoms with Crippen LogP contribution in [-0.2, 0) is 10.0 Å². The lowest BCUT2D eigenvalue weighted by atomic mass is 10.4. The van der Waals surface area contributed by atoms with Gasteiger partial charge in [0.1, 0.15) is 11.4 Å². The van der Waals surface area contributed by atoms with Crippen LogP contribution in [0.4, 0.5) is 5.69 Å². The number of nitrogens with one attached hydrogen (secondary N) is 1. The molecule has 0 aliphatic heterocycles. The second-order valence-electron chi connectivity index (χ2n) is 4.17. The largest absolute Gasteiger partial charge is 0.481 e. The zero-order valence-corrected chi connectivity index (χ0v) is 12.8. The molecule has 2 rings (SSSR count). The Hall–Kier alpha value is -2.29. The second kappa shape index (κ2) is 5.60. The van der Waals surface area contributed by atoms with E-state index in [4.69, 9.17) is 14.0 Å². The zero-order valence-electron chi connectivity index (χ0n) is 12.0. The molecule has 0 aromatic carbocycles. The van der Waals surface area contributed by atoms with Gasteiger partial charge in [0, 0.05) is 6.07 Å². The zero-order chi connectivity index (χ0) is 15.6. The van der Waals surface area contributed by atoms with Gasteiger partial charge in [-0.15, -0.1) is 0 Å². The molecular formula is C12H15N3O5S. The quantitative estimate of drug-likeness (QED) is 0.892. The van der Waals surface area contributed by atoms with Gasteiger partial charge in [-0.2, -0.15) is 4.98 Å². The van der Waals surface area contributed by atoms with Gasteiger partial charge in [-0.1, -0.05) is 5.16 Å². The molecule has 0 radical (unpaired) electrons. The molecule has 2 aromatic rings. The molecule has 21 heavy (non-hydrogen) atoms. The smallest absolute Gasteiger partial charge is 0.267 e. The van der Waals surface area contributed by atoms with Crippen molar-refractivity contribution in [2.24, 2.45) is 0 Å². The third-order valence-corrected chi connectivity index (χ3v) is 4.33. The minimum Gasteiger partial charge on any atom is -0.481 e. The molecule has 0 saturated heterocycles. The topological polar surface area (TPSA) is 104 Å². The molecule has 0 saturated carbocycles. The van der Waals surface area contributed by atoms with Crippen LogP contribution in [0.3, 0.4) is 0 Å². The average Bonchev–Trinajstić information content (AvgIpc) is 2.78. The van der Waals surface area contributed by atoms with E-state index < -0.39 is 10.0 Å².